The Morgan fingerprint density at radius 3 is 1.46 bits per heavy atom. The monoisotopic (exact) mass is 715 g/mol. The highest BCUT2D eigenvalue weighted by Crippen LogP contribution is 2.42. The molecule has 8 aromatic carbocycles. The van der Waals surface area contributed by atoms with E-state index in [1.165, 1.54) is 10.8 Å². The molecule has 262 valence electrons. The van der Waals surface area contributed by atoms with Gasteiger partial charge in [-0.05, 0) is 64.7 Å². The van der Waals surface area contributed by atoms with E-state index in [0.29, 0.717) is 17.6 Å². The fourth-order valence-corrected chi connectivity index (χ4v) is 8.30. The molecule has 0 amide bonds. The quantitative estimate of drug-likeness (QED) is 0.172. The van der Waals surface area contributed by atoms with Crippen LogP contribution in [0.3, 0.4) is 0 Å². The molecule has 0 atom stereocenters. The van der Waals surface area contributed by atoms with Gasteiger partial charge >= 0.3 is 0 Å². The highest BCUT2D eigenvalue weighted by Gasteiger charge is 2.23. The van der Waals surface area contributed by atoms with Crippen molar-refractivity contribution < 1.29 is 0 Å². The van der Waals surface area contributed by atoms with Crippen LogP contribution >= 0.6 is 0 Å². The lowest BCUT2D eigenvalue weighted by Crippen LogP contribution is -2.08. The van der Waals surface area contributed by atoms with Gasteiger partial charge in [0.25, 0.3) is 0 Å². The van der Waals surface area contributed by atoms with Crippen molar-refractivity contribution in [2.45, 2.75) is 0 Å². The number of aromatic nitrogens is 5. The van der Waals surface area contributed by atoms with Crippen LogP contribution in [0.5, 0.6) is 0 Å². The Labute approximate surface area is 323 Å². The molecule has 3 heterocycles. The van der Waals surface area contributed by atoms with Crippen LogP contribution in [-0.4, -0.2) is 24.1 Å². The summed E-state index contributed by atoms with van der Waals surface area (Å²) in [6, 6.07) is 70.3. The second-order valence-corrected chi connectivity index (χ2v) is 14.0. The Kier molecular flexibility index (Phi) is 7.42. The molecule has 11 rings (SSSR count). The van der Waals surface area contributed by atoms with Gasteiger partial charge < -0.3 is 4.57 Å². The van der Waals surface area contributed by atoms with Crippen LogP contribution in [0.25, 0.3) is 100 Å². The summed E-state index contributed by atoms with van der Waals surface area (Å²) < 4.78 is 4.56. The molecule has 0 radical (unpaired) electrons. The van der Waals surface area contributed by atoms with E-state index in [9.17, 15) is 0 Å². The second-order valence-electron chi connectivity index (χ2n) is 14.0. The van der Waals surface area contributed by atoms with Gasteiger partial charge in [0.1, 0.15) is 0 Å². The van der Waals surface area contributed by atoms with Crippen LogP contribution in [0, 0.1) is 0 Å². The Morgan fingerprint density at radius 2 is 0.804 bits per heavy atom. The van der Waals surface area contributed by atoms with Crippen molar-refractivity contribution >= 4 is 43.6 Å². The first-order chi connectivity index (χ1) is 27.8. The summed E-state index contributed by atoms with van der Waals surface area (Å²) >= 11 is 0. The van der Waals surface area contributed by atoms with Gasteiger partial charge in [-0.25, -0.2) is 4.98 Å². The summed E-state index contributed by atoms with van der Waals surface area (Å²) in [4.78, 5) is 16.0. The largest absolute Gasteiger partial charge is 0.309 e. The lowest BCUT2D eigenvalue weighted by atomic mass is 9.94. The summed E-state index contributed by atoms with van der Waals surface area (Å²) in [5.41, 5.74) is 11.7. The molecule has 0 saturated heterocycles. The second kappa shape index (κ2) is 13.0. The SMILES string of the molecule is c1ccc(-c2cc(-c3ccccc3)c3c4ccccc4n(-c4nc(-c5ccccc5)nc(-c5ccccc5-n5c6ccccc6c6ccccc65)n4)c3c2)cc1. The number of fused-ring (bicyclic) bond motifs is 6. The smallest absolute Gasteiger partial charge is 0.238 e. The van der Waals surface area contributed by atoms with Crippen molar-refractivity contribution in [3.63, 3.8) is 0 Å². The molecule has 0 unspecified atom stereocenters. The minimum absolute atomic E-state index is 0.557. The first kappa shape index (κ1) is 31.9. The number of benzene rings is 8. The van der Waals surface area contributed by atoms with Crippen LogP contribution in [0.4, 0.5) is 0 Å². The molecular weight excluding hydrogens is 683 g/mol. The van der Waals surface area contributed by atoms with Gasteiger partial charge in [-0.1, -0.05) is 158 Å². The first-order valence-electron chi connectivity index (χ1n) is 18.9. The normalized spacial score (nSPS) is 11.6. The number of para-hydroxylation sites is 4. The first-order valence-corrected chi connectivity index (χ1v) is 18.9. The van der Waals surface area contributed by atoms with Crippen LogP contribution < -0.4 is 0 Å². The van der Waals surface area contributed by atoms with Crippen LogP contribution in [0.15, 0.2) is 200 Å². The maximum Gasteiger partial charge on any atom is 0.238 e. The lowest BCUT2D eigenvalue weighted by Gasteiger charge is -2.15. The molecule has 56 heavy (non-hydrogen) atoms. The molecular formula is C51H33N5. The van der Waals surface area contributed by atoms with E-state index >= 15 is 0 Å². The Morgan fingerprint density at radius 1 is 0.304 bits per heavy atom. The molecule has 0 aliphatic rings. The third kappa shape index (κ3) is 5.13. The van der Waals surface area contributed by atoms with Crippen LogP contribution in [0.2, 0.25) is 0 Å². The Hall–Kier alpha value is -7.63. The van der Waals surface area contributed by atoms with Gasteiger partial charge in [0.05, 0.1) is 27.8 Å². The molecule has 0 aliphatic heterocycles. The summed E-state index contributed by atoms with van der Waals surface area (Å²) in [5.74, 6) is 1.76. The highest BCUT2D eigenvalue weighted by molar-refractivity contribution is 6.17. The average molecular weight is 716 g/mol. The zero-order chi connectivity index (χ0) is 37.0. The predicted molar refractivity (Wildman–Crippen MR) is 230 cm³/mol. The third-order valence-corrected chi connectivity index (χ3v) is 10.8. The Bertz CT molecular complexity index is 3180. The van der Waals surface area contributed by atoms with Crippen molar-refractivity contribution in [1.29, 1.82) is 0 Å². The van der Waals surface area contributed by atoms with Crippen molar-refractivity contribution in [2.24, 2.45) is 0 Å². The van der Waals surface area contributed by atoms with E-state index in [4.69, 9.17) is 15.0 Å². The van der Waals surface area contributed by atoms with Gasteiger partial charge in [0, 0.05) is 32.7 Å². The average Bonchev–Trinajstić information content (AvgIpc) is 3.80. The van der Waals surface area contributed by atoms with E-state index in [1.807, 2.05) is 18.2 Å². The Balaban J connectivity index is 1.24. The van der Waals surface area contributed by atoms with Gasteiger partial charge in [-0.2, -0.15) is 9.97 Å². The maximum atomic E-state index is 5.43. The lowest BCUT2D eigenvalue weighted by molar-refractivity contribution is 0.952. The number of nitrogens with zero attached hydrogens (tertiary/aromatic N) is 5. The van der Waals surface area contributed by atoms with Crippen molar-refractivity contribution in [3.05, 3.63) is 200 Å². The summed E-state index contributed by atoms with van der Waals surface area (Å²) in [7, 11) is 0. The van der Waals surface area contributed by atoms with Crippen LogP contribution in [0.1, 0.15) is 0 Å². The summed E-state index contributed by atoms with van der Waals surface area (Å²) in [5, 5.41) is 4.69. The molecule has 0 bridgehead atoms. The van der Waals surface area contributed by atoms with Crippen LogP contribution in [-0.2, 0) is 0 Å². The maximum absolute atomic E-state index is 5.43. The van der Waals surface area contributed by atoms with Crippen molar-refractivity contribution in [1.82, 2.24) is 24.1 Å². The van der Waals surface area contributed by atoms with Crippen molar-refractivity contribution in [2.75, 3.05) is 0 Å². The van der Waals surface area contributed by atoms with Gasteiger partial charge in [0.2, 0.25) is 5.95 Å². The third-order valence-electron chi connectivity index (χ3n) is 10.8. The number of hydrogen-bond donors (Lipinski definition) is 0. The number of hydrogen-bond acceptors (Lipinski definition) is 3. The van der Waals surface area contributed by atoms with E-state index < -0.39 is 0 Å². The molecule has 0 saturated carbocycles. The molecule has 5 nitrogen and oxygen atoms in total. The van der Waals surface area contributed by atoms with E-state index in [-0.39, 0.29) is 0 Å². The minimum atomic E-state index is 0.557. The number of rotatable bonds is 6. The zero-order valence-electron chi connectivity index (χ0n) is 30.3. The van der Waals surface area contributed by atoms with Gasteiger partial charge in [-0.3, -0.25) is 4.57 Å². The minimum Gasteiger partial charge on any atom is -0.309 e. The molecule has 3 aromatic heterocycles. The molecule has 0 spiro atoms. The molecule has 0 aliphatic carbocycles. The predicted octanol–water partition coefficient (Wildman–Crippen LogP) is 12.7. The van der Waals surface area contributed by atoms with Gasteiger partial charge in [-0.15, -0.1) is 0 Å². The van der Waals surface area contributed by atoms with Gasteiger partial charge in [0.15, 0.2) is 11.6 Å². The fraction of sp³-hybridized carbons (Fsp3) is 0. The fourth-order valence-electron chi connectivity index (χ4n) is 8.30. The van der Waals surface area contributed by atoms with E-state index in [2.05, 4.69) is 191 Å². The molecule has 5 heteroatoms. The standard InChI is InChI=1S/C51H33N5/c1-4-18-34(19-5-1)37-32-42(35-20-6-2-7-21-35)48-40-26-12-16-30-45(40)56(47(48)33-37)51-53-49(36-22-8-3-9-23-36)52-50(54-51)41-27-13-17-31-46(41)55-43-28-14-10-24-38(43)39-25-11-15-29-44(39)55/h1-33H. The van der Waals surface area contributed by atoms with E-state index in [1.54, 1.807) is 0 Å². The molecule has 11 aromatic rings. The molecule has 0 N–H and O–H groups in total. The highest BCUT2D eigenvalue weighted by atomic mass is 15.2. The molecule has 0 fully saturated rings. The zero-order valence-corrected chi connectivity index (χ0v) is 30.3. The van der Waals surface area contributed by atoms with Crippen molar-refractivity contribution in [3.8, 4) is 56.7 Å². The van der Waals surface area contributed by atoms with E-state index in [0.717, 1.165) is 71.9 Å². The summed E-state index contributed by atoms with van der Waals surface area (Å²) in [6.07, 6.45) is 0. The topological polar surface area (TPSA) is 48.5 Å². The summed E-state index contributed by atoms with van der Waals surface area (Å²) in [6.45, 7) is 0.